The Balaban J connectivity index is 1.71. The predicted molar refractivity (Wildman–Crippen MR) is 81.8 cm³/mol. The summed E-state index contributed by atoms with van der Waals surface area (Å²) in [4.78, 5) is 3.88. The molecule has 1 fully saturated rings. The van der Waals surface area contributed by atoms with Gasteiger partial charge in [-0.25, -0.2) is 0 Å². The van der Waals surface area contributed by atoms with Gasteiger partial charge in [-0.1, -0.05) is 6.07 Å². The van der Waals surface area contributed by atoms with E-state index in [4.69, 9.17) is 4.74 Å². The third-order valence-corrected chi connectivity index (χ3v) is 5.14. The quantitative estimate of drug-likeness (QED) is 0.832. The van der Waals surface area contributed by atoms with Crippen molar-refractivity contribution in [3.8, 4) is 0 Å². The number of likely N-dealkylation sites (N-methyl/N-ethyl adjacent to an activating group) is 1. The molecule has 108 valence electrons. The molecule has 1 aliphatic rings. The minimum Gasteiger partial charge on any atom is -0.377 e. The number of nitrogens with zero attached hydrogens (tertiary/aromatic N) is 1. The summed E-state index contributed by atoms with van der Waals surface area (Å²) in [5.74, 6) is 0. The van der Waals surface area contributed by atoms with E-state index in [2.05, 4.69) is 48.6 Å². The molecule has 0 radical (unpaired) electrons. The van der Waals surface area contributed by atoms with Gasteiger partial charge in [0.15, 0.2) is 0 Å². The first-order chi connectivity index (χ1) is 9.18. The topological polar surface area (TPSA) is 24.5 Å². The number of thiophene rings is 1. The molecule has 0 aromatic carbocycles. The van der Waals surface area contributed by atoms with E-state index in [1.165, 1.54) is 17.7 Å². The van der Waals surface area contributed by atoms with Crippen molar-refractivity contribution in [2.45, 2.75) is 44.9 Å². The summed E-state index contributed by atoms with van der Waals surface area (Å²) in [7, 11) is 2.21. The van der Waals surface area contributed by atoms with Crippen LogP contribution in [-0.4, -0.2) is 43.8 Å². The van der Waals surface area contributed by atoms with Crippen LogP contribution in [0.1, 0.15) is 37.6 Å². The van der Waals surface area contributed by atoms with E-state index in [1.807, 2.05) is 11.3 Å². The van der Waals surface area contributed by atoms with Gasteiger partial charge in [-0.2, -0.15) is 0 Å². The molecule has 3 nitrogen and oxygen atoms in total. The summed E-state index contributed by atoms with van der Waals surface area (Å²) in [6.07, 6.45) is 2.87. The minimum atomic E-state index is 0.437. The Morgan fingerprint density at radius 3 is 3.00 bits per heavy atom. The molecular formula is C15H26N2OS. The van der Waals surface area contributed by atoms with Gasteiger partial charge in [0.25, 0.3) is 0 Å². The van der Waals surface area contributed by atoms with Crippen molar-refractivity contribution >= 4 is 11.3 Å². The minimum absolute atomic E-state index is 0.437. The van der Waals surface area contributed by atoms with Gasteiger partial charge in [0.2, 0.25) is 0 Å². The van der Waals surface area contributed by atoms with E-state index in [1.54, 1.807) is 0 Å². The number of hydrogen-bond acceptors (Lipinski definition) is 4. The van der Waals surface area contributed by atoms with Crippen LogP contribution >= 0.6 is 11.3 Å². The Hall–Kier alpha value is -0.420. The molecule has 3 atom stereocenters. The third kappa shape index (κ3) is 4.28. The van der Waals surface area contributed by atoms with E-state index in [0.29, 0.717) is 18.2 Å². The van der Waals surface area contributed by atoms with E-state index in [-0.39, 0.29) is 0 Å². The summed E-state index contributed by atoms with van der Waals surface area (Å²) in [5, 5.41) is 5.70. The zero-order valence-corrected chi connectivity index (χ0v) is 13.1. The maximum Gasteiger partial charge on any atom is 0.0700 e. The smallest absolute Gasteiger partial charge is 0.0700 e. The fourth-order valence-corrected chi connectivity index (χ4v) is 3.35. The first-order valence-corrected chi connectivity index (χ1v) is 8.14. The average Bonchev–Trinajstić information content (AvgIpc) is 3.09. The molecule has 0 spiro atoms. The molecule has 1 N–H and O–H groups in total. The first-order valence-electron chi connectivity index (χ1n) is 7.26. The summed E-state index contributed by atoms with van der Waals surface area (Å²) >= 11 is 1.84. The van der Waals surface area contributed by atoms with E-state index < -0.39 is 0 Å². The van der Waals surface area contributed by atoms with Gasteiger partial charge in [-0.15, -0.1) is 11.3 Å². The molecular weight excluding hydrogens is 256 g/mol. The highest BCUT2D eigenvalue weighted by molar-refractivity contribution is 7.10. The van der Waals surface area contributed by atoms with Crippen molar-refractivity contribution in [2.75, 3.05) is 26.7 Å². The Morgan fingerprint density at radius 1 is 1.53 bits per heavy atom. The lowest BCUT2D eigenvalue weighted by molar-refractivity contribution is 0.106. The number of ether oxygens (including phenoxy) is 1. The molecule has 1 aliphatic heterocycles. The molecule has 3 unspecified atom stereocenters. The standard InChI is InChI=1S/C15H26N2OS/c1-12(10-16-11-14-6-4-8-18-14)17(3)13(2)15-7-5-9-19-15/h5,7,9,12-14,16H,4,6,8,10-11H2,1-3H3. The first kappa shape index (κ1) is 15.0. The molecule has 0 saturated carbocycles. The molecule has 0 bridgehead atoms. The number of nitrogens with one attached hydrogen (secondary N) is 1. The van der Waals surface area contributed by atoms with E-state index in [9.17, 15) is 0 Å². The van der Waals surface area contributed by atoms with Crippen molar-refractivity contribution in [1.29, 1.82) is 0 Å². The second-order valence-electron chi connectivity index (χ2n) is 5.50. The lowest BCUT2D eigenvalue weighted by Gasteiger charge is -2.30. The van der Waals surface area contributed by atoms with Crippen LogP contribution in [0.5, 0.6) is 0 Å². The lowest BCUT2D eigenvalue weighted by atomic mass is 10.2. The summed E-state index contributed by atoms with van der Waals surface area (Å²) in [6, 6.07) is 5.36. The summed E-state index contributed by atoms with van der Waals surface area (Å²) in [6.45, 7) is 7.52. The SMILES string of the molecule is CC(CNCC1CCCO1)N(C)C(C)c1cccs1. The van der Waals surface area contributed by atoms with E-state index in [0.717, 1.165) is 19.7 Å². The van der Waals surface area contributed by atoms with Gasteiger partial charge in [0, 0.05) is 36.7 Å². The monoisotopic (exact) mass is 282 g/mol. The van der Waals surface area contributed by atoms with Gasteiger partial charge < -0.3 is 10.1 Å². The molecule has 0 amide bonds. The lowest BCUT2D eigenvalue weighted by Crippen LogP contribution is -2.41. The van der Waals surface area contributed by atoms with Gasteiger partial charge >= 0.3 is 0 Å². The van der Waals surface area contributed by atoms with Gasteiger partial charge in [0.1, 0.15) is 0 Å². The second kappa shape index (κ2) is 7.39. The Morgan fingerprint density at radius 2 is 2.37 bits per heavy atom. The van der Waals surface area contributed by atoms with Crippen molar-refractivity contribution in [2.24, 2.45) is 0 Å². The second-order valence-corrected chi connectivity index (χ2v) is 6.48. The van der Waals surface area contributed by atoms with Crippen molar-refractivity contribution in [1.82, 2.24) is 10.2 Å². The van der Waals surface area contributed by atoms with Crippen molar-refractivity contribution in [3.05, 3.63) is 22.4 Å². The zero-order chi connectivity index (χ0) is 13.7. The van der Waals surface area contributed by atoms with Crippen LogP contribution in [-0.2, 0) is 4.74 Å². The zero-order valence-electron chi connectivity index (χ0n) is 12.3. The molecule has 2 heterocycles. The molecule has 1 aromatic rings. The third-order valence-electron chi connectivity index (χ3n) is 4.10. The van der Waals surface area contributed by atoms with Gasteiger partial charge in [0.05, 0.1) is 6.10 Å². The van der Waals surface area contributed by atoms with E-state index >= 15 is 0 Å². The molecule has 19 heavy (non-hydrogen) atoms. The van der Waals surface area contributed by atoms with Crippen LogP contribution in [0.4, 0.5) is 0 Å². The number of hydrogen-bond donors (Lipinski definition) is 1. The van der Waals surface area contributed by atoms with Crippen LogP contribution in [0.25, 0.3) is 0 Å². The highest BCUT2D eigenvalue weighted by atomic mass is 32.1. The largest absolute Gasteiger partial charge is 0.377 e. The van der Waals surface area contributed by atoms with Crippen LogP contribution in [0.2, 0.25) is 0 Å². The maximum absolute atomic E-state index is 5.63. The Kier molecular flexibility index (Phi) is 5.82. The van der Waals surface area contributed by atoms with Gasteiger partial charge in [-0.3, -0.25) is 4.90 Å². The highest BCUT2D eigenvalue weighted by Crippen LogP contribution is 2.24. The highest BCUT2D eigenvalue weighted by Gasteiger charge is 2.19. The predicted octanol–water partition coefficient (Wildman–Crippen LogP) is 2.90. The normalized spacial score (nSPS) is 22.8. The van der Waals surface area contributed by atoms with Crippen LogP contribution in [0, 0.1) is 0 Å². The van der Waals surface area contributed by atoms with Crippen LogP contribution in [0.15, 0.2) is 17.5 Å². The number of rotatable bonds is 7. The molecule has 2 rings (SSSR count). The average molecular weight is 282 g/mol. The molecule has 4 heteroatoms. The molecule has 1 aromatic heterocycles. The molecule has 0 aliphatic carbocycles. The molecule has 1 saturated heterocycles. The summed E-state index contributed by atoms with van der Waals surface area (Å²) in [5.41, 5.74) is 0. The van der Waals surface area contributed by atoms with Crippen molar-refractivity contribution < 1.29 is 4.74 Å². The maximum atomic E-state index is 5.63. The van der Waals surface area contributed by atoms with Crippen LogP contribution < -0.4 is 5.32 Å². The fraction of sp³-hybridized carbons (Fsp3) is 0.733. The Bertz CT molecular complexity index is 349. The van der Waals surface area contributed by atoms with Crippen molar-refractivity contribution in [3.63, 3.8) is 0 Å². The Labute approximate surface area is 121 Å². The fourth-order valence-electron chi connectivity index (χ4n) is 2.51. The summed E-state index contributed by atoms with van der Waals surface area (Å²) < 4.78 is 5.63. The van der Waals surface area contributed by atoms with Crippen LogP contribution in [0.3, 0.4) is 0 Å². The van der Waals surface area contributed by atoms with Gasteiger partial charge in [-0.05, 0) is 45.2 Å².